The Morgan fingerprint density at radius 2 is 1.10 bits per heavy atom. The molecule has 3 aliphatic rings. The fraction of sp³-hybridized carbons (Fsp3) is 0. The van der Waals surface area contributed by atoms with Crippen LogP contribution in [0.15, 0.2) is 180 Å². The summed E-state index contributed by atoms with van der Waals surface area (Å²) in [7, 11) is 0. The average molecular weight is 678 g/mol. The van der Waals surface area contributed by atoms with Crippen molar-refractivity contribution >= 4 is 107 Å². The average Bonchev–Trinajstić information content (AvgIpc) is 3.61. The van der Waals surface area contributed by atoms with Gasteiger partial charge in [0.1, 0.15) is 0 Å². The molecule has 0 N–H and O–H groups in total. The van der Waals surface area contributed by atoms with Crippen molar-refractivity contribution in [1.29, 1.82) is 0 Å². The first-order chi connectivity index (χ1) is 26.5. The van der Waals surface area contributed by atoms with E-state index < -0.39 is 0 Å². The van der Waals surface area contributed by atoms with Gasteiger partial charge in [0.25, 0.3) is 6.71 Å². The second-order valence-corrected chi connectivity index (χ2v) is 14.8. The van der Waals surface area contributed by atoms with Gasteiger partial charge in [-0.3, -0.25) is 0 Å². The van der Waals surface area contributed by atoms with E-state index in [4.69, 9.17) is 4.11 Å². The first-order valence-electron chi connectivity index (χ1n) is 18.7. The summed E-state index contributed by atoms with van der Waals surface area (Å²) in [5.74, 6) is 0. The highest BCUT2D eigenvalue weighted by atomic mass is 32.2. The van der Waals surface area contributed by atoms with Crippen LogP contribution < -0.4 is 30.4 Å². The smallest absolute Gasteiger partial charge is 0.264 e. The van der Waals surface area contributed by atoms with E-state index in [9.17, 15) is 1.37 Å². The first kappa shape index (κ1) is 24.4. The lowest BCUT2D eigenvalue weighted by atomic mass is 9.36. The fourth-order valence-electron chi connectivity index (χ4n) is 7.94. The summed E-state index contributed by atoms with van der Waals surface area (Å²) in [6.07, 6.45) is 0. The molecule has 0 atom stereocenters. The monoisotopic (exact) mass is 677 g/mol. The molecule has 234 valence electrons. The van der Waals surface area contributed by atoms with Gasteiger partial charge in [0.15, 0.2) is 0 Å². The van der Waals surface area contributed by atoms with Crippen molar-refractivity contribution in [2.45, 2.75) is 9.79 Å². The summed E-state index contributed by atoms with van der Waals surface area (Å²) in [5, 5.41) is 0.560. The van der Waals surface area contributed by atoms with E-state index in [0.717, 1.165) is 76.7 Å². The van der Waals surface area contributed by atoms with Crippen LogP contribution >= 0.6 is 23.1 Å². The number of benzene rings is 7. The highest BCUT2D eigenvalue weighted by Gasteiger charge is 2.45. The largest absolute Gasteiger partial charge is 0.310 e. The molecule has 0 unspecified atom stereocenters. The van der Waals surface area contributed by atoms with Crippen LogP contribution in [0.25, 0.3) is 10.1 Å². The Bertz CT molecular complexity index is 2850. The van der Waals surface area contributed by atoms with E-state index in [2.05, 4.69) is 136 Å². The van der Waals surface area contributed by atoms with Gasteiger partial charge in [-0.25, -0.2) is 0 Å². The number of thiophene rings is 1. The summed E-state index contributed by atoms with van der Waals surface area (Å²) >= 11 is 3.26. The second kappa shape index (κ2) is 10.9. The molecule has 8 aromatic rings. The Morgan fingerprint density at radius 3 is 1.84 bits per heavy atom. The number of anilines is 9. The number of hydrogen-bond acceptors (Lipinski definition) is 5. The van der Waals surface area contributed by atoms with Crippen LogP contribution in [0.5, 0.6) is 0 Å². The molecule has 0 saturated carbocycles. The highest BCUT2D eigenvalue weighted by Crippen LogP contribution is 2.52. The molecule has 0 spiro atoms. The van der Waals surface area contributed by atoms with Crippen LogP contribution in [0.1, 0.15) is 5.48 Å². The zero-order valence-electron chi connectivity index (χ0n) is 30.6. The Morgan fingerprint density at radius 1 is 0.500 bits per heavy atom. The van der Waals surface area contributed by atoms with Crippen molar-refractivity contribution in [3.8, 4) is 0 Å². The molecule has 2 bridgehead atoms. The molecular formula is C44H28BN3S2. The predicted molar refractivity (Wildman–Crippen MR) is 215 cm³/mol. The van der Waals surface area contributed by atoms with Crippen LogP contribution in [-0.4, -0.2) is 6.71 Å². The Labute approximate surface area is 305 Å². The summed E-state index contributed by atoms with van der Waals surface area (Å²) in [4.78, 5) is 9.27. The summed E-state index contributed by atoms with van der Waals surface area (Å²) in [6.45, 7) is -0.216. The van der Waals surface area contributed by atoms with E-state index in [1.807, 2.05) is 24.3 Å². The fourth-order valence-corrected chi connectivity index (χ4v) is 10.2. The Kier molecular flexibility index (Phi) is 5.33. The van der Waals surface area contributed by atoms with Gasteiger partial charge in [-0.05, 0) is 89.8 Å². The number of hydrogen-bond donors (Lipinski definition) is 0. The number of rotatable bonds is 2. The lowest BCUT2D eigenvalue weighted by Gasteiger charge is -2.44. The molecule has 0 saturated heterocycles. The molecule has 0 aliphatic carbocycles. The highest BCUT2D eigenvalue weighted by molar-refractivity contribution is 7.99. The Hall–Kier alpha value is -5.69. The quantitative estimate of drug-likeness (QED) is 0.168. The van der Waals surface area contributed by atoms with Crippen molar-refractivity contribution in [2.75, 3.05) is 14.7 Å². The SMILES string of the molecule is [2H]c1c([2H])c([2H])c2c3c(sc2c1[2H])B1c2ccc4cc2N(c2ccccc2Sc2ccccc2N4c2ccccc2)c2cccc(c21)N3c1ccccc1. The van der Waals surface area contributed by atoms with Crippen LogP contribution in [0.3, 0.4) is 0 Å². The van der Waals surface area contributed by atoms with Gasteiger partial charge < -0.3 is 14.7 Å². The van der Waals surface area contributed by atoms with E-state index >= 15 is 0 Å². The maximum atomic E-state index is 9.23. The molecular weight excluding hydrogens is 645 g/mol. The van der Waals surface area contributed by atoms with Gasteiger partial charge in [-0.15, -0.1) is 11.3 Å². The van der Waals surface area contributed by atoms with E-state index in [1.54, 1.807) is 11.8 Å². The molecule has 1 aromatic heterocycles. The minimum absolute atomic E-state index is 0.000889. The van der Waals surface area contributed by atoms with Gasteiger partial charge >= 0.3 is 0 Å². The third kappa shape index (κ3) is 4.00. The molecule has 50 heavy (non-hydrogen) atoms. The third-order valence-electron chi connectivity index (χ3n) is 9.94. The number of fused-ring (bicyclic) bond motifs is 10. The van der Waals surface area contributed by atoms with E-state index in [1.165, 1.54) is 11.3 Å². The standard InChI is InChI=1S/C44H28BN3S2/c1-3-14-29(15-4-1)46-31-26-27-33-38(28-31)48(35-20-9-12-25-41(35)49-40-24-11-8-19-34(40)46)37-22-13-21-36-42(37)45(33)44-43(32-18-7-10-23-39(32)50-44)47(36)30-16-5-2-6-17-30/h1-28H/i7D,10D,18D,23D. The maximum absolute atomic E-state index is 9.23. The molecule has 6 heteroatoms. The molecule has 11 rings (SSSR count). The third-order valence-corrected chi connectivity index (χ3v) is 12.2. The first-order valence-corrected chi connectivity index (χ1v) is 18.3. The molecule has 7 aromatic carbocycles. The predicted octanol–water partition coefficient (Wildman–Crippen LogP) is 10.9. The molecule has 4 heterocycles. The normalized spacial score (nSPS) is 14.9. The zero-order valence-corrected chi connectivity index (χ0v) is 28.2. The molecule has 0 radical (unpaired) electrons. The molecule has 3 aliphatic heterocycles. The maximum Gasteiger partial charge on any atom is 0.264 e. The van der Waals surface area contributed by atoms with Crippen molar-refractivity contribution in [1.82, 2.24) is 0 Å². The summed E-state index contributed by atoms with van der Waals surface area (Å²) < 4.78 is 37.2. The minimum Gasteiger partial charge on any atom is -0.310 e. The number of para-hydroxylation sites is 4. The van der Waals surface area contributed by atoms with Crippen molar-refractivity contribution in [2.24, 2.45) is 0 Å². The topological polar surface area (TPSA) is 9.72 Å². The lowest BCUT2D eigenvalue weighted by molar-refractivity contribution is 1.19. The van der Waals surface area contributed by atoms with Crippen LogP contribution in [-0.2, 0) is 0 Å². The molecule has 0 amide bonds. The van der Waals surface area contributed by atoms with Gasteiger partial charge in [0, 0.05) is 58.8 Å². The zero-order chi connectivity index (χ0) is 36.2. The summed E-state index contributed by atoms with van der Waals surface area (Å²) in [5.41, 5.74) is 11.4. The number of nitrogens with zero attached hydrogens (tertiary/aromatic N) is 3. The molecule has 3 nitrogen and oxygen atoms in total. The van der Waals surface area contributed by atoms with Crippen molar-refractivity contribution in [3.63, 3.8) is 0 Å². The van der Waals surface area contributed by atoms with Crippen molar-refractivity contribution < 1.29 is 5.48 Å². The second-order valence-electron chi connectivity index (χ2n) is 12.6. The van der Waals surface area contributed by atoms with E-state index in [-0.39, 0.29) is 30.9 Å². The lowest BCUT2D eigenvalue weighted by Crippen LogP contribution is -2.60. The molecule has 0 fully saturated rings. The van der Waals surface area contributed by atoms with Gasteiger partial charge in [-0.2, -0.15) is 0 Å². The van der Waals surface area contributed by atoms with Gasteiger partial charge in [-0.1, -0.05) is 103 Å². The van der Waals surface area contributed by atoms with Gasteiger partial charge in [0.2, 0.25) is 0 Å². The van der Waals surface area contributed by atoms with Crippen molar-refractivity contribution in [3.05, 3.63) is 170 Å². The van der Waals surface area contributed by atoms with Crippen LogP contribution in [0.2, 0.25) is 0 Å². The Balaban J connectivity index is 1.27. The summed E-state index contributed by atoms with van der Waals surface area (Å²) in [6, 6.07) is 50.8. The van der Waals surface area contributed by atoms with E-state index in [0.29, 0.717) is 10.1 Å². The minimum atomic E-state index is -0.217. The van der Waals surface area contributed by atoms with Crippen LogP contribution in [0, 0.1) is 0 Å². The van der Waals surface area contributed by atoms with Gasteiger partial charge in [0.05, 0.1) is 22.5 Å². The van der Waals surface area contributed by atoms with Crippen LogP contribution in [0.4, 0.5) is 51.2 Å².